The molecule has 5 heteroatoms. The fraction of sp³-hybridized carbons (Fsp3) is 0.160. The van der Waals surface area contributed by atoms with Crippen molar-refractivity contribution in [3.8, 4) is 11.1 Å². The van der Waals surface area contributed by atoms with Gasteiger partial charge in [0.05, 0.1) is 11.6 Å². The second-order valence-corrected chi connectivity index (χ2v) is 6.94. The minimum absolute atomic E-state index is 0.157. The molecule has 3 aromatic carbocycles. The maximum Gasteiger partial charge on any atom is 0.338 e. The SMILES string of the molecule is CC(=O)[C@@H](Cc1ccccc1)NC(=O)COC(=O)c1ccc(-c2ccccc2)cc1. The van der Waals surface area contributed by atoms with Gasteiger partial charge in [-0.25, -0.2) is 4.79 Å². The Morgan fingerprint density at radius 2 is 1.37 bits per heavy atom. The minimum atomic E-state index is -0.663. The molecule has 30 heavy (non-hydrogen) atoms. The average molecular weight is 401 g/mol. The molecule has 0 aliphatic heterocycles. The highest BCUT2D eigenvalue weighted by Crippen LogP contribution is 2.19. The normalized spacial score (nSPS) is 11.4. The zero-order valence-corrected chi connectivity index (χ0v) is 16.7. The van der Waals surface area contributed by atoms with Crippen LogP contribution in [-0.2, 0) is 20.7 Å². The van der Waals surface area contributed by atoms with Gasteiger partial charge in [0.15, 0.2) is 12.4 Å². The van der Waals surface area contributed by atoms with Crippen molar-refractivity contribution in [2.45, 2.75) is 19.4 Å². The molecule has 3 aromatic rings. The first kappa shape index (κ1) is 21.0. The first-order chi connectivity index (χ1) is 14.5. The van der Waals surface area contributed by atoms with E-state index in [1.807, 2.05) is 72.8 Å². The lowest BCUT2D eigenvalue weighted by molar-refractivity contribution is -0.128. The summed E-state index contributed by atoms with van der Waals surface area (Å²) in [5.41, 5.74) is 3.32. The lowest BCUT2D eigenvalue weighted by Gasteiger charge is -2.16. The summed E-state index contributed by atoms with van der Waals surface area (Å²) in [6, 6.07) is 25.5. The highest BCUT2D eigenvalue weighted by atomic mass is 16.5. The predicted molar refractivity (Wildman–Crippen MR) is 115 cm³/mol. The highest BCUT2D eigenvalue weighted by Gasteiger charge is 2.19. The van der Waals surface area contributed by atoms with Crippen molar-refractivity contribution < 1.29 is 19.1 Å². The summed E-state index contributed by atoms with van der Waals surface area (Å²) in [5.74, 6) is -1.26. The molecule has 0 radical (unpaired) electrons. The van der Waals surface area contributed by atoms with Gasteiger partial charge in [-0.1, -0.05) is 72.8 Å². The number of benzene rings is 3. The molecule has 1 atom stereocenters. The molecule has 152 valence electrons. The maximum atomic E-state index is 12.2. The van der Waals surface area contributed by atoms with E-state index in [2.05, 4.69) is 5.32 Å². The zero-order valence-electron chi connectivity index (χ0n) is 16.7. The van der Waals surface area contributed by atoms with Crippen LogP contribution in [0.1, 0.15) is 22.8 Å². The molecule has 0 aliphatic rings. The highest BCUT2D eigenvalue weighted by molar-refractivity contribution is 5.93. The van der Waals surface area contributed by atoms with Gasteiger partial charge in [0.2, 0.25) is 0 Å². The van der Waals surface area contributed by atoms with Gasteiger partial charge >= 0.3 is 5.97 Å². The minimum Gasteiger partial charge on any atom is -0.452 e. The quantitative estimate of drug-likeness (QED) is 0.583. The largest absolute Gasteiger partial charge is 0.452 e. The molecule has 0 aliphatic carbocycles. The van der Waals surface area contributed by atoms with Crippen LogP contribution in [0, 0.1) is 0 Å². The summed E-state index contributed by atoms with van der Waals surface area (Å²) in [6.07, 6.45) is 0.386. The van der Waals surface area contributed by atoms with Gasteiger partial charge in [0.1, 0.15) is 0 Å². The number of ether oxygens (including phenoxy) is 1. The fourth-order valence-corrected chi connectivity index (χ4v) is 3.03. The number of amides is 1. The summed E-state index contributed by atoms with van der Waals surface area (Å²) >= 11 is 0. The van der Waals surface area contributed by atoms with Crippen molar-refractivity contribution in [1.29, 1.82) is 0 Å². The van der Waals surface area contributed by atoms with Crippen molar-refractivity contribution in [2.24, 2.45) is 0 Å². The average Bonchev–Trinajstić information content (AvgIpc) is 2.78. The van der Waals surface area contributed by atoms with Crippen LogP contribution in [0.2, 0.25) is 0 Å². The van der Waals surface area contributed by atoms with E-state index in [9.17, 15) is 14.4 Å². The van der Waals surface area contributed by atoms with Crippen molar-refractivity contribution in [3.05, 3.63) is 96.1 Å². The zero-order chi connectivity index (χ0) is 21.3. The summed E-state index contributed by atoms with van der Waals surface area (Å²) in [7, 11) is 0. The molecule has 0 heterocycles. The monoisotopic (exact) mass is 401 g/mol. The number of hydrogen-bond donors (Lipinski definition) is 1. The molecule has 1 N–H and O–H groups in total. The molecule has 3 rings (SSSR count). The Bertz CT molecular complexity index is 998. The Hall–Kier alpha value is -3.73. The van der Waals surface area contributed by atoms with E-state index >= 15 is 0 Å². The van der Waals surface area contributed by atoms with Crippen LogP contribution >= 0.6 is 0 Å². The third kappa shape index (κ3) is 5.88. The molecule has 0 fully saturated rings. The van der Waals surface area contributed by atoms with Gasteiger partial charge in [-0.2, -0.15) is 0 Å². The topological polar surface area (TPSA) is 72.5 Å². The molecule has 0 unspecified atom stereocenters. The first-order valence-corrected chi connectivity index (χ1v) is 9.69. The lowest BCUT2D eigenvalue weighted by Crippen LogP contribution is -2.43. The number of carbonyl (C=O) groups excluding carboxylic acids is 3. The number of rotatable bonds is 8. The maximum absolute atomic E-state index is 12.2. The molecular weight excluding hydrogens is 378 g/mol. The summed E-state index contributed by atoms with van der Waals surface area (Å²) in [6.45, 7) is 0.978. The van der Waals surface area contributed by atoms with E-state index in [0.29, 0.717) is 12.0 Å². The summed E-state index contributed by atoms with van der Waals surface area (Å²) in [5, 5.41) is 2.64. The van der Waals surface area contributed by atoms with Crippen molar-refractivity contribution >= 4 is 17.7 Å². The van der Waals surface area contributed by atoms with Crippen LogP contribution in [-0.4, -0.2) is 30.3 Å². The van der Waals surface area contributed by atoms with E-state index in [1.54, 1.807) is 12.1 Å². The van der Waals surface area contributed by atoms with Gasteiger partial charge in [-0.3, -0.25) is 9.59 Å². The third-order valence-electron chi connectivity index (χ3n) is 4.67. The number of ketones is 1. The molecule has 0 saturated carbocycles. The Balaban J connectivity index is 1.53. The second kappa shape index (κ2) is 10.2. The van der Waals surface area contributed by atoms with Crippen LogP contribution < -0.4 is 5.32 Å². The standard InChI is InChI=1S/C25H23NO4/c1-18(27)23(16-19-8-4-2-5-9-19)26-24(28)17-30-25(29)22-14-12-21(13-15-22)20-10-6-3-7-11-20/h2-15,23H,16-17H2,1H3,(H,26,28)/t23-/m1/s1. The van der Waals surface area contributed by atoms with Crippen LogP contribution in [0.4, 0.5) is 0 Å². The first-order valence-electron chi connectivity index (χ1n) is 9.69. The van der Waals surface area contributed by atoms with Crippen LogP contribution in [0.5, 0.6) is 0 Å². The van der Waals surface area contributed by atoms with Crippen LogP contribution in [0.3, 0.4) is 0 Å². The van der Waals surface area contributed by atoms with Gasteiger partial charge in [-0.15, -0.1) is 0 Å². The van der Waals surface area contributed by atoms with Crippen molar-refractivity contribution in [3.63, 3.8) is 0 Å². The number of Topliss-reactive ketones (excluding diaryl/α,β-unsaturated/α-hetero) is 1. The van der Waals surface area contributed by atoms with Gasteiger partial charge in [-0.05, 0) is 42.2 Å². The number of hydrogen-bond acceptors (Lipinski definition) is 4. The van der Waals surface area contributed by atoms with Crippen molar-refractivity contribution in [1.82, 2.24) is 5.32 Å². The Kier molecular flexibility index (Phi) is 7.11. The van der Waals surface area contributed by atoms with Gasteiger partial charge in [0, 0.05) is 0 Å². The van der Waals surface area contributed by atoms with E-state index < -0.39 is 24.5 Å². The van der Waals surface area contributed by atoms with Gasteiger partial charge < -0.3 is 10.1 Å². The Morgan fingerprint density at radius 3 is 1.97 bits per heavy atom. The molecule has 0 bridgehead atoms. The second-order valence-electron chi connectivity index (χ2n) is 6.94. The Morgan fingerprint density at radius 1 is 0.800 bits per heavy atom. The molecule has 0 spiro atoms. The van der Waals surface area contributed by atoms with E-state index in [-0.39, 0.29) is 5.78 Å². The van der Waals surface area contributed by atoms with Crippen LogP contribution in [0.15, 0.2) is 84.9 Å². The van der Waals surface area contributed by atoms with Crippen molar-refractivity contribution in [2.75, 3.05) is 6.61 Å². The number of esters is 1. The molecule has 1 amide bonds. The molecular formula is C25H23NO4. The Labute approximate surface area is 175 Å². The third-order valence-corrected chi connectivity index (χ3v) is 4.67. The van der Waals surface area contributed by atoms with Crippen LogP contribution in [0.25, 0.3) is 11.1 Å². The molecule has 5 nitrogen and oxygen atoms in total. The van der Waals surface area contributed by atoms with E-state index in [1.165, 1.54) is 6.92 Å². The summed E-state index contributed by atoms with van der Waals surface area (Å²) < 4.78 is 5.10. The van der Waals surface area contributed by atoms with E-state index in [0.717, 1.165) is 16.7 Å². The molecule has 0 saturated heterocycles. The molecule has 0 aromatic heterocycles. The number of nitrogens with one attached hydrogen (secondary N) is 1. The smallest absolute Gasteiger partial charge is 0.338 e. The lowest BCUT2D eigenvalue weighted by atomic mass is 10.0. The fourth-order valence-electron chi connectivity index (χ4n) is 3.03. The van der Waals surface area contributed by atoms with E-state index in [4.69, 9.17) is 4.74 Å². The van der Waals surface area contributed by atoms with Gasteiger partial charge in [0.25, 0.3) is 5.91 Å². The summed E-state index contributed by atoms with van der Waals surface area (Å²) in [4.78, 5) is 36.3. The number of carbonyl (C=O) groups is 3. The predicted octanol–water partition coefficient (Wildman–Crippen LogP) is 3.83.